The molecule has 1 atom stereocenters. The van der Waals surface area contributed by atoms with E-state index in [1.165, 1.54) is 35.7 Å². The Hall–Kier alpha value is -4.14. The second kappa shape index (κ2) is 7.94. The predicted molar refractivity (Wildman–Crippen MR) is 116 cm³/mol. The number of carbonyl (C=O) groups excluding carboxylic acids is 1. The highest BCUT2D eigenvalue weighted by molar-refractivity contribution is 7.18. The first-order chi connectivity index (χ1) is 17.2. The van der Waals surface area contributed by atoms with Crippen molar-refractivity contribution in [2.24, 2.45) is 7.05 Å². The molecule has 0 radical (unpaired) electrons. The number of hydrogen-bond acceptors (Lipinski definition) is 8. The van der Waals surface area contributed by atoms with Gasteiger partial charge in [0.2, 0.25) is 0 Å². The summed E-state index contributed by atoms with van der Waals surface area (Å²) in [6.07, 6.45) is -1.75. The molecule has 5 aromatic rings. The number of rotatable bonds is 3. The predicted octanol–water partition coefficient (Wildman–Crippen LogP) is 3.75. The van der Waals surface area contributed by atoms with E-state index in [0.29, 0.717) is 21.8 Å². The van der Waals surface area contributed by atoms with Crippen LogP contribution in [0.1, 0.15) is 38.8 Å². The number of aromatic nitrogens is 7. The van der Waals surface area contributed by atoms with Gasteiger partial charge in [-0.1, -0.05) is 6.07 Å². The summed E-state index contributed by atoms with van der Waals surface area (Å²) in [6.45, 7) is 0.204. The summed E-state index contributed by atoms with van der Waals surface area (Å²) in [4.78, 5) is 26.7. The zero-order valence-corrected chi connectivity index (χ0v) is 19.1. The fourth-order valence-electron chi connectivity index (χ4n) is 4.19. The molecule has 1 amide bonds. The number of imidazole rings is 1. The van der Waals surface area contributed by atoms with Gasteiger partial charge < -0.3 is 14.3 Å². The van der Waals surface area contributed by atoms with Crippen molar-refractivity contribution in [1.82, 2.24) is 39.8 Å². The van der Waals surface area contributed by atoms with Gasteiger partial charge in [0.15, 0.2) is 5.69 Å². The third-order valence-electron chi connectivity index (χ3n) is 5.74. The van der Waals surface area contributed by atoms with E-state index < -0.39 is 47.0 Å². The van der Waals surface area contributed by atoms with E-state index in [1.54, 1.807) is 12.1 Å². The first-order valence-corrected chi connectivity index (χ1v) is 11.3. The minimum atomic E-state index is -4.76. The van der Waals surface area contributed by atoms with Gasteiger partial charge in [0.1, 0.15) is 22.4 Å². The number of fused-ring (bicyclic) bond motifs is 2. The normalized spacial score (nSPS) is 16.0. The lowest BCUT2D eigenvalue weighted by Crippen LogP contribution is -2.41. The molecule has 5 heterocycles. The smallest absolute Gasteiger partial charge is 0.412 e. The number of nitrogens with zero attached hydrogens (tertiary/aromatic N) is 7. The number of H-pyrrole nitrogens is 1. The Morgan fingerprint density at radius 3 is 2.89 bits per heavy atom. The van der Waals surface area contributed by atoms with Gasteiger partial charge in [-0.25, -0.2) is 14.4 Å². The maximum Gasteiger partial charge on any atom is 0.435 e. The van der Waals surface area contributed by atoms with Gasteiger partial charge in [-0.15, -0.1) is 21.5 Å². The summed E-state index contributed by atoms with van der Waals surface area (Å²) in [5.41, 5.74) is -0.159. The van der Waals surface area contributed by atoms with Crippen molar-refractivity contribution < 1.29 is 26.8 Å². The molecule has 36 heavy (non-hydrogen) atoms. The number of carbonyl (C=O) groups is 1. The van der Waals surface area contributed by atoms with Crippen LogP contribution in [-0.2, 0) is 19.6 Å². The standard InChI is InChI=1S/C21H14F4N8O2S/c1-32-7-9(16(31-32)21(23,24)25)17-29-30-18(35-17)20(34)33-6-5-11-14(27-8-26-11)15(33)19-28-13-10(22)3-2-4-12(13)36-19/h2-4,7-8,15H,5-6H2,1H3,(H,26,27)/t15-/m0/s1. The molecule has 6 rings (SSSR count). The molecule has 0 fully saturated rings. The van der Waals surface area contributed by atoms with Crippen molar-refractivity contribution in [3.8, 4) is 11.5 Å². The second-order valence-corrected chi connectivity index (χ2v) is 9.09. The number of amides is 1. The molecule has 0 saturated heterocycles. The van der Waals surface area contributed by atoms with E-state index >= 15 is 0 Å². The summed E-state index contributed by atoms with van der Waals surface area (Å²) in [5.74, 6) is -2.21. The number of halogens is 4. The van der Waals surface area contributed by atoms with E-state index in [2.05, 4.69) is 30.2 Å². The summed E-state index contributed by atoms with van der Waals surface area (Å²) < 4.78 is 61.4. The molecule has 4 aromatic heterocycles. The molecule has 15 heteroatoms. The molecule has 10 nitrogen and oxygen atoms in total. The maximum atomic E-state index is 14.3. The summed E-state index contributed by atoms with van der Waals surface area (Å²) in [6, 6.07) is 3.79. The Morgan fingerprint density at radius 1 is 1.28 bits per heavy atom. The zero-order chi connectivity index (χ0) is 25.2. The Labute approximate surface area is 202 Å². The number of nitrogens with one attached hydrogen (secondary N) is 1. The Bertz CT molecular complexity index is 1620. The summed E-state index contributed by atoms with van der Waals surface area (Å²) in [5, 5.41) is 11.2. The van der Waals surface area contributed by atoms with Crippen LogP contribution in [0.4, 0.5) is 17.6 Å². The average Bonchev–Trinajstić information content (AvgIpc) is 3.62. The number of benzene rings is 1. The van der Waals surface area contributed by atoms with Gasteiger partial charge in [-0.2, -0.15) is 18.3 Å². The van der Waals surface area contributed by atoms with Gasteiger partial charge in [-0.05, 0) is 12.1 Å². The van der Waals surface area contributed by atoms with Crippen LogP contribution in [0.15, 0.2) is 35.1 Å². The van der Waals surface area contributed by atoms with Crippen molar-refractivity contribution in [3.63, 3.8) is 0 Å². The largest absolute Gasteiger partial charge is 0.435 e. The van der Waals surface area contributed by atoms with Gasteiger partial charge in [-0.3, -0.25) is 9.48 Å². The Kier molecular flexibility index (Phi) is 4.93. The highest BCUT2D eigenvalue weighted by Gasteiger charge is 2.41. The number of aryl methyl sites for hydroxylation is 1. The third-order valence-corrected chi connectivity index (χ3v) is 6.81. The lowest BCUT2D eigenvalue weighted by atomic mass is 10.0. The van der Waals surface area contributed by atoms with Crippen LogP contribution in [0.25, 0.3) is 21.7 Å². The number of thiazole rings is 1. The van der Waals surface area contributed by atoms with E-state index in [9.17, 15) is 22.4 Å². The minimum Gasteiger partial charge on any atom is -0.412 e. The van der Waals surface area contributed by atoms with Crippen LogP contribution in [0, 0.1) is 5.82 Å². The quantitative estimate of drug-likeness (QED) is 0.362. The van der Waals surface area contributed by atoms with E-state index in [1.807, 2.05) is 0 Å². The van der Waals surface area contributed by atoms with Crippen molar-refractivity contribution >= 4 is 27.5 Å². The van der Waals surface area contributed by atoms with Crippen molar-refractivity contribution in [1.29, 1.82) is 0 Å². The molecule has 0 unspecified atom stereocenters. The van der Waals surface area contributed by atoms with Crippen LogP contribution in [0.5, 0.6) is 0 Å². The van der Waals surface area contributed by atoms with Crippen molar-refractivity contribution in [3.05, 3.63) is 64.5 Å². The van der Waals surface area contributed by atoms with Gasteiger partial charge >= 0.3 is 18.0 Å². The molecule has 0 spiro atoms. The van der Waals surface area contributed by atoms with Crippen LogP contribution >= 0.6 is 11.3 Å². The van der Waals surface area contributed by atoms with E-state index in [-0.39, 0.29) is 12.1 Å². The molecule has 0 bridgehead atoms. The first kappa shape index (κ1) is 22.3. The molecule has 1 aromatic carbocycles. The minimum absolute atomic E-state index is 0.170. The highest BCUT2D eigenvalue weighted by atomic mass is 32.1. The molecule has 1 aliphatic heterocycles. The summed E-state index contributed by atoms with van der Waals surface area (Å²) in [7, 11) is 1.32. The van der Waals surface area contributed by atoms with E-state index in [0.717, 1.165) is 16.6 Å². The van der Waals surface area contributed by atoms with Crippen LogP contribution in [0.2, 0.25) is 0 Å². The van der Waals surface area contributed by atoms with Gasteiger partial charge in [0.05, 0.1) is 22.3 Å². The van der Waals surface area contributed by atoms with Crippen molar-refractivity contribution in [2.75, 3.05) is 6.54 Å². The molecule has 184 valence electrons. The zero-order valence-electron chi connectivity index (χ0n) is 18.2. The Balaban J connectivity index is 1.40. The monoisotopic (exact) mass is 518 g/mol. The number of para-hydroxylation sites is 1. The molecular formula is C21H14F4N8O2S. The lowest BCUT2D eigenvalue weighted by molar-refractivity contribution is -0.141. The maximum absolute atomic E-state index is 14.3. The molecule has 0 aliphatic carbocycles. The van der Waals surface area contributed by atoms with Crippen LogP contribution in [-0.4, -0.2) is 52.3 Å². The van der Waals surface area contributed by atoms with Gasteiger partial charge in [0.25, 0.3) is 5.89 Å². The van der Waals surface area contributed by atoms with Gasteiger partial charge in [0, 0.05) is 31.9 Å². The van der Waals surface area contributed by atoms with E-state index in [4.69, 9.17) is 4.42 Å². The van der Waals surface area contributed by atoms with Crippen LogP contribution < -0.4 is 0 Å². The fraction of sp³-hybridized carbons (Fsp3) is 0.238. The first-order valence-electron chi connectivity index (χ1n) is 10.5. The molecule has 1 N–H and O–H groups in total. The average molecular weight is 518 g/mol. The molecule has 0 saturated carbocycles. The topological polar surface area (TPSA) is 119 Å². The third kappa shape index (κ3) is 3.54. The van der Waals surface area contributed by atoms with Crippen molar-refractivity contribution in [2.45, 2.75) is 18.6 Å². The fourth-order valence-corrected chi connectivity index (χ4v) is 5.29. The number of alkyl halides is 3. The summed E-state index contributed by atoms with van der Waals surface area (Å²) >= 11 is 1.21. The second-order valence-electron chi connectivity index (χ2n) is 8.03. The lowest BCUT2D eigenvalue weighted by Gasteiger charge is -2.32. The SMILES string of the molecule is Cn1cc(-c2nnc(C(=O)N3CCc4[nH]cnc4[C@H]3c3nc4c(F)cccc4s3)o2)c(C(F)(F)F)n1. The number of aromatic amines is 1. The molecular weight excluding hydrogens is 504 g/mol. The highest BCUT2D eigenvalue weighted by Crippen LogP contribution is 2.39. The molecule has 1 aliphatic rings. The Morgan fingerprint density at radius 2 is 2.11 bits per heavy atom. The van der Waals surface area contributed by atoms with Crippen LogP contribution in [0.3, 0.4) is 0 Å². The number of hydrogen-bond donors (Lipinski definition) is 1.